The maximum atomic E-state index is 12.5. The summed E-state index contributed by atoms with van der Waals surface area (Å²) < 4.78 is 5.13. The Morgan fingerprint density at radius 2 is 1.58 bits per heavy atom. The molecule has 0 fully saturated rings. The monoisotopic (exact) mass is 349 g/mol. The molecule has 0 saturated heterocycles. The molecule has 0 aliphatic heterocycles. The number of para-hydroxylation sites is 1. The number of carbonyl (C=O) groups excluding carboxylic acids is 2. The Bertz CT molecular complexity index is 902. The summed E-state index contributed by atoms with van der Waals surface area (Å²) in [5, 5.41) is 9.36. The van der Waals surface area contributed by atoms with E-state index in [1.165, 1.54) is 0 Å². The highest BCUT2D eigenvalue weighted by atomic mass is 16.5. The molecule has 3 rings (SSSR count). The van der Waals surface area contributed by atoms with Crippen LogP contribution in [0.15, 0.2) is 71.3 Å². The zero-order chi connectivity index (χ0) is 18.6. The molecule has 6 heteroatoms. The Morgan fingerprint density at radius 3 is 2.23 bits per heavy atom. The molecule has 6 nitrogen and oxygen atoms in total. The maximum absolute atomic E-state index is 12.5. The highest BCUT2D eigenvalue weighted by Gasteiger charge is 2.31. The molecule has 0 unspecified atom stereocenters. The summed E-state index contributed by atoms with van der Waals surface area (Å²) in [5.74, 6) is -0.794. The Kier molecular flexibility index (Phi) is 4.84. The zero-order valence-corrected chi connectivity index (χ0v) is 14.5. The maximum Gasteiger partial charge on any atom is 0.290 e. The molecule has 2 N–H and O–H groups in total. The van der Waals surface area contributed by atoms with Crippen LogP contribution in [0.3, 0.4) is 0 Å². The van der Waals surface area contributed by atoms with Gasteiger partial charge in [-0.2, -0.15) is 0 Å². The standard InChI is InChI=1S/C20H19N3O3/c1-20(2,19(25)21-15-11-7-4-8-12-15)22-18(24)17-13-16(23-26-17)14-9-5-3-6-10-14/h3-13H,1-2H3,(H,21,25)(H,22,24). The second-order valence-corrected chi connectivity index (χ2v) is 6.34. The fourth-order valence-corrected chi connectivity index (χ4v) is 2.34. The zero-order valence-electron chi connectivity index (χ0n) is 14.5. The number of anilines is 1. The van der Waals surface area contributed by atoms with Crippen LogP contribution < -0.4 is 10.6 Å². The lowest BCUT2D eigenvalue weighted by Crippen LogP contribution is -2.52. The van der Waals surface area contributed by atoms with E-state index in [0.29, 0.717) is 11.4 Å². The van der Waals surface area contributed by atoms with Crippen LogP contribution in [0.5, 0.6) is 0 Å². The van der Waals surface area contributed by atoms with Crippen molar-refractivity contribution in [3.63, 3.8) is 0 Å². The van der Waals surface area contributed by atoms with Crippen molar-refractivity contribution in [2.24, 2.45) is 0 Å². The highest BCUT2D eigenvalue weighted by Crippen LogP contribution is 2.19. The number of hydrogen-bond acceptors (Lipinski definition) is 4. The average molecular weight is 349 g/mol. The third kappa shape index (κ3) is 3.97. The van der Waals surface area contributed by atoms with E-state index in [1.807, 2.05) is 48.5 Å². The minimum atomic E-state index is -1.13. The number of benzene rings is 2. The van der Waals surface area contributed by atoms with E-state index in [1.54, 1.807) is 32.0 Å². The quantitative estimate of drug-likeness (QED) is 0.738. The topological polar surface area (TPSA) is 84.2 Å². The lowest BCUT2D eigenvalue weighted by Gasteiger charge is -2.24. The van der Waals surface area contributed by atoms with Crippen LogP contribution in [0.1, 0.15) is 24.4 Å². The summed E-state index contributed by atoms with van der Waals surface area (Å²) in [6.45, 7) is 3.25. The highest BCUT2D eigenvalue weighted by molar-refractivity contribution is 6.02. The number of aromatic nitrogens is 1. The van der Waals surface area contributed by atoms with Gasteiger partial charge in [-0.1, -0.05) is 53.7 Å². The van der Waals surface area contributed by atoms with Crippen molar-refractivity contribution in [2.75, 3.05) is 5.32 Å². The van der Waals surface area contributed by atoms with E-state index in [9.17, 15) is 9.59 Å². The Morgan fingerprint density at radius 1 is 0.962 bits per heavy atom. The Balaban J connectivity index is 1.68. The van der Waals surface area contributed by atoms with Crippen LogP contribution in [0.25, 0.3) is 11.3 Å². The van der Waals surface area contributed by atoms with Crippen molar-refractivity contribution in [1.82, 2.24) is 10.5 Å². The largest absolute Gasteiger partial charge is 0.350 e. The molecule has 3 aromatic rings. The Labute approximate surface area is 151 Å². The molecule has 0 aliphatic carbocycles. The first-order valence-corrected chi connectivity index (χ1v) is 8.17. The average Bonchev–Trinajstić information content (AvgIpc) is 3.13. The molecule has 1 heterocycles. The lowest BCUT2D eigenvalue weighted by molar-refractivity contribution is -0.120. The third-order valence-corrected chi connectivity index (χ3v) is 3.83. The second-order valence-electron chi connectivity index (χ2n) is 6.34. The molecule has 2 aromatic carbocycles. The van der Waals surface area contributed by atoms with Crippen LogP contribution in [0.2, 0.25) is 0 Å². The van der Waals surface area contributed by atoms with Crippen LogP contribution >= 0.6 is 0 Å². The SMILES string of the molecule is CC(C)(NC(=O)c1cc(-c2ccccc2)no1)C(=O)Nc1ccccc1. The molecule has 0 bridgehead atoms. The first-order chi connectivity index (χ1) is 12.5. The molecule has 2 amide bonds. The van der Waals surface area contributed by atoms with Gasteiger partial charge >= 0.3 is 0 Å². The van der Waals surface area contributed by atoms with E-state index in [0.717, 1.165) is 5.56 Å². The molecule has 1 aromatic heterocycles. The molecular weight excluding hydrogens is 330 g/mol. The molecule has 26 heavy (non-hydrogen) atoms. The van der Waals surface area contributed by atoms with E-state index in [4.69, 9.17) is 4.52 Å². The predicted octanol–water partition coefficient (Wildman–Crippen LogP) is 3.49. The first kappa shape index (κ1) is 17.4. The van der Waals surface area contributed by atoms with E-state index in [2.05, 4.69) is 15.8 Å². The van der Waals surface area contributed by atoms with Crippen molar-refractivity contribution in [3.05, 3.63) is 72.5 Å². The lowest BCUT2D eigenvalue weighted by atomic mass is 10.0. The molecule has 0 saturated carbocycles. The van der Waals surface area contributed by atoms with Gasteiger partial charge in [0.15, 0.2) is 0 Å². The van der Waals surface area contributed by atoms with Gasteiger partial charge in [0.2, 0.25) is 11.7 Å². The van der Waals surface area contributed by atoms with Gasteiger partial charge in [-0.3, -0.25) is 9.59 Å². The van der Waals surface area contributed by atoms with E-state index >= 15 is 0 Å². The van der Waals surface area contributed by atoms with Crippen molar-refractivity contribution >= 4 is 17.5 Å². The van der Waals surface area contributed by atoms with Crippen molar-refractivity contribution in [3.8, 4) is 11.3 Å². The van der Waals surface area contributed by atoms with Crippen LogP contribution in [-0.2, 0) is 4.79 Å². The fourth-order valence-electron chi connectivity index (χ4n) is 2.34. The van der Waals surface area contributed by atoms with Gasteiger partial charge < -0.3 is 15.2 Å². The van der Waals surface area contributed by atoms with Crippen LogP contribution in [0, 0.1) is 0 Å². The van der Waals surface area contributed by atoms with Gasteiger partial charge in [0.1, 0.15) is 11.2 Å². The number of nitrogens with one attached hydrogen (secondary N) is 2. The number of nitrogens with zero attached hydrogens (tertiary/aromatic N) is 1. The number of rotatable bonds is 5. The van der Waals surface area contributed by atoms with Gasteiger partial charge in [0.05, 0.1) is 0 Å². The first-order valence-electron chi connectivity index (χ1n) is 8.17. The Hall–Kier alpha value is -3.41. The normalized spacial score (nSPS) is 11.0. The van der Waals surface area contributed by atoms with Gasteiger partial charge in [-0.15, -0.1) is 0 Å². The summed E-state index contributed by atoms with van der Waals surface area (Å²) in [4.78, 5) is 24.9. The van der Waals surface area contributed by atoms with Crippen LogP contribution in [0.4, 0.5) is 5.69 Å². The minimum absolute atomic E-state index is 0.0458. The summed E-state index contributed by atoms with van der Waals surface area (Å²) in [5.41, 5.74) is 0.927. The second kappa shape index (κ2) is 7.23. The summed E-state index contributed by atoms with van der Waals surface area (Å²) in [6.07, 6.45) is 0. The predicted molar refractivity (Wildman–Crippen MR) is 98.6 cm³/mol. The smallest absolute Gasteiger partial charge is 0.290 e. The van der Waals surface area contributed by atoms with Gasteiger partial charge in [-0.25, -0.2) is 0 Å². The van der Waals surface area contributed by atoms with Crippen molar-refractivity contribution in [1.29, 1.82) is 0 Å². The summed E-state index contributed by atoms with van der Waals surface area (Å²) >= 11 is 0. The minimum Gasteiger partial charge on any atom is -0.350 e. The third-order valence-electron chi connectivity index (χ3n) is 3.83. The van der Waals surface area contributed by atoms with Crippen LogP contribution in [-0.4, -0.2) is 22.5 Å². The summed E-state index contributed by atoms with van der Waals surface area (Å²) in [7, 11) is 0. The number of amides is 2. The summed E-state index contributed by atoms with van der Waals surface area (Å²) in [6, 6.07) is 20.0. The van der Waals surface area contributed by atoms with Crippen molar-refractivity contribution < 1.29 is 14.1 Å². The van der Waals surface area contributed by atoms with Gasteiger partial charge in [0, 0.05) is 17.3 Å². The molecule has 0 aliphatic rings. The molecule has 132 valence electrons. The van der Waals surface area contributed by atoms with Gasteiger partial charge in [-0.05, 0) is 26.0 Å². The fraction of sp³-hybridized carbons (Fsp3) is 0.150. The van der Waals surface area contributed by atoms with E-state index in [-0.39, 0.29) is 11.7 Å². The van der Waals surface area contributed by atoms with E-state index < -0.39 is 11.4 Å². The number of carbonyl (C=O) groups is 2. The van der Waals surface area contributed by atoms with Crippen molar-refractivity contribution in [2.45, 2.75) is 19.4 Å². The number of hydrogen-bond donors (Lipinski definition) is 2. The molecule has 0 radical (unpaired) electrons. The molecular formula is C20H19N3O3. The van der Waals surface area contributed by atoms with Gasteiger partial charge in [0.25, 0.3) is 5.91 Å². The molecule has 0 atom stereocenters. The molecule has 0 spiro atoms.